The highest BCUT2D eigenvalue weighted by Crippen LogP contribution is 2.14. The fourth-order valence-corrected chi connectivity index (χ4v) is 2.45. The lowest BCUT2D eigenvalue weighted by Crippen LogP contribution is -2.33. The number of amides is 2. The number of hydrogen-bond donors (Lipinski definition) is 2. The van der Waals surface area contributed by atoms with E-state index in [1.807, 2.05) is 24.4 Å². The van der Waals surface area contributed by atoms with Crippen molar-refractivity contribution in [3.05, 3.63) is 77.6 Å². The Morgan fingerprint density at radius 2 is 1.80 bits per heavy atom. The molecule has 0 saturated carbocycles. The van der Waals surface area contributed by atoms with Crippen LogP contribution in [0.15, 0.2) is 67.0 Å². The smallest absolute Gasteiger partial charge is 0.253 e. The SMILES string of the molecule is O=C(CNC(=O)c1ccccc1Cl)Nc1ccc(-n2cccn2)cc1. The monoisotopic (exact) mass is 354 g/mol. The molecule has 0 aliphatic rings. The van der Waals surface area contributed by atoms with E-state index >= 15 is 0 Å². The lowest BCUT2D eigenvalue weighted by Gasteiger charge is -2.08. The Kier molecular flexibility index (Phi) is 5.11. The van der Waals surface area contributed by atoms with Crippen LogP contribution in [-0.2, 0) is 4.79 Å². The summed E-state index contributed by atoms with van der Waals surface area (Å²) in [4.78, 5) is 24.0. The molecule has 25 heavy (non-hydrogen) atoms. The molecule has 1 heterocycles. The maximum atomic E-state index is 12.0. The quantitative estimate of drug-likeness (QED) is 0.739. The van der Waals surface area contributed by atoms with Gasteiger partial charge in [-0.3, -0.25) is 9.59 Å². The van der Waals surface area contributed by atoms with Gasteiger partial charge in [0.15, 0.2) is 0 Å². The van der Waals surface area contributed by atoms with Crippen LogP contribution in [0.5, 0.6) is 0 Å². The van der Waals surface area contributed by atoms with Crippen molar-refractivity contribution in [3.8, 4) is 5.69 Å². The van der Waals surface area contributed by atoms with Crippen LogP contribution in [0.25, 0.3) is 5.69 Å². The molecule has 0 aliphatic heterocycles. The highest BCUT2D eigenvalue weighted by atomic mass is 35.5. The molecule has 0 radical (unpaired) electrons. The summed E-state index contributed by atoms with van der Waals surface area (Å²) in [6.07, 6.45) is 3.52. The molecule has 3 aromatic rings. The molecule has 0 spiro atoms. The highest BCUT2D eigenvalue weighted by Gasteiger charge is 2.11. The average molecular weight is 355 g/mol. The first-order chi connectivity index (χ1) is 12.1. The average Bonchev–Trinajstić information content (AvgIpc) is 3.15. The van der Waals surface area contributed by atoms with Gasteiger partial charge in [-0.2, -0.15) is 5.10 Å². The van der Waals surface area contributed by atoms with E-state index in [-0.39, 0.29) is 12.5 Å². The highest BCUT2D eigenvalue weighted by molar-refractivity contribution is 6.33. The lowest BCUT2D eigenvalue weighted by molar-refractivity contribution is -0.115. The molecule has 0 saturated heterocycles. The Morgan fingerprint density at radius 3 is 2.48 bits per heavy atom. The van der Waals surface area contributed by atoms with Crippen LogP contribution in [0.2, 0.25) is 5.02 Å². The maximum absolute atomic E-state index is 12.0. The van der Waals surface area contributed by atoms with Crippen molar-refractivity contribution >= 4 is 29.1 Å². The predicted octanol–water partition coefficient (Wildman–Crippen LogP) is 2.89. The molecule has 0 bridgehead atoms. The molecule has 3 rings (SSSR count). The van der Waals surface area contributed by atoms with Crippen molar-refractivity contribution in [2.45, 2.75) is 0 Å². The predicted molar refractivity (Wildman–Crippen MR) is 96.0 cm³/mol. The van der Waals surface area contributed by atoms with E-state index in [2.05, 4.69) is 15.7 Å². The van der Waals surface area contributed by atoms with E-state index in [1.54, 1.807) is 47.3 Å². The van der Waals surface area contributed by atoms with Crippen molar-refractivity contribution in [3.63, 3.8) is 0 Å². The molecular formula is C18H15ClN4O2. The zero-order valence-electron chi connectivity index (χ0n) is 13.1. The molecule has 0 fully saturated rings. The van der Waals surface area contributed by atoms with Gasteiger partial charge in [-0.25, -0.2) is 4.68 Å². The van der Waals surface area contributed by atoms with Crippen molar-refractivity contribution < 1.29 is 9.59 Å². The summed E-state index contributed by atoms with van der Waals surface area (Å²) in [6.45, 7) is -0.148. The molecular weight excluding hydrogens is 340 g/mol. The second kappa shape index (κ2) is 7.63. The van der Waals surface area contributed by atoms with Gasteiger partial charge < -0.3 is 10.6 Å². The fourth-order valence-electron chi connectivity index (χ4n) is 2.23. The number of nitrogens with zero attached hydrogens (tertiary/aromatic N) is 2. The minimum absolute atomic E-state index is 0.148. The number of benzene rings is 2. The normalized spacial score (nSPS) is 10.3. The van der Waals surface area contributed by atoms with Gasteiger partial charge in [0, 0.05) is 18.1 Å². The Balaban J connectivity index is 1.54. The number of halogens is 1. The van der Waals surface area contributed by atoms with Crippen LogP contribution in [0.3, 0.4) is 0 Å². The Bertz CT molecular complexity index is 876. The molecule has 2 N–H and O–H groups in total. The van der Waals surface area contributed by atoms with Gasteiger partial charge in [0.1, 0.15) is 0 Å². The molecule has 126 valence electrons. The standard InChI is InChI=1S/C18H15ClN4O2/c19-16-5-2-1-4-15(16)18(25)20-12-17(24)22-13-6-8-14(9-7-13)23-11-3-10-21-23/h1-11H,12H2,(H,20,25)(H,22,24). The molecule has 0 aliphatic carbocycles. The van der Waals surface area contributed by atoms with Gasteiger partial charge in [-0.15, -0.1) is 0 Å². The summed E-state index contributed by atoms with van der Waals surface area (Å²) in [6, 6.07) is 15.7. The van der Waals surface area contributed by atoms with Crippen molar-refractivity contribution in [2.24, 2.45) is 0 Å². The summed E-state index contributed by atoms with van der Waals surface area (Å²) in [5.41, 5.74) is 1.85. The molecule has 2 amide bonds. The third-order valence-corrected chi connectivity index (χ3v) is 3.78. The summed E-state index contributed by atoms with van der Waals surface area (Å²) >= 11 is 5.95. The minimum atomic E-state index is -0.394. The largest absolute Gasteiger partial charge is 0.343 e. The topological polar surface area (TPSA) is 76.0 Å². The molecule has 7 heteroatoms. The van der Waals surface area contributed by atoms with Crippen LogP contribution in [0.1, 0.15) is 10.4 Å². The van der Waals surface area contributed by atoms with Gasteiger partial charge in [-0.1, -0.05) is 23.7 Å². The van der Waals surface area contributed by atoms with E-state index < -0.39 is 5.91 Å². The molecule has 0 atom stereocenters. The first-order valence-electron chi connectivity index (χ1n) is 7.56. The molecule has 6 nitrogen and oxygen atoms in total. The van der Waals surface area contributed by atoms with Crippen LogP contribution < -0.4 is 10.6 Å². The van der Waals surface area contributed by atoms with Gasteiger partial charge in [0.2, 0.25) is 5.91 Å². The second-order valence-corrected chi connectivity index (χ2v) is 5.62. The molecule has 0 unspecified atom stereocenters. The van der Waals surface area contributed by atoms with Crippen molar-refractivity contribution in [1.82, 2.24) is 15.1 Å². The summed E-state index contributed by atoms with van der Waals surface area (Å²) in [7, 11) is 0. The first-order valence-corrected chi connectivity index (χ1v) is 7.94. The number of aromatic nitrogens is 2. The first kappa shape index (κ1) is 16.7. The van der Waals surface area contributed by atoms with Crippen molar-refractivity contribution in [1.29, 1.82) is 0 Å². The van der Waals surface area contributed by atoms with E-state index in [1.165, 1.54) is 0 Å². The van der Waals surface area contributed by atoms with E-state index in [4.69, 9.17) is 11.6 Å². The van der Waals surface area contributed by atoms with Gasteiger partial charge >= 0.3 is 0 Å². The van der Waals surface area contributed by atoms with Crippen LogP contribution in [-0.4, -0.2) is 28.1 Å². The number of carbonyl (C=O) groups is 2. The fraction of sp³-hybridized carbons (Fsp3) is 0.0556. The van der Waals surface area contributed by atoms with Gasteiger partial charge in [0.25, 0.3) is 5.91 Å². The summed E-state index contributed by atoms with van der Waals surface area (Å²) in [5, 5.41) is 9.74. The zero-order chi connectivity index (χ0) is 17.6. The number of hydrogen-bond acceptors (Lipinski definition) is 3. The number of nitrogens with one attached hydrogen (secondary N) is 2. The summed E-state index contributed by atoms with van der Waals surface area (Å²) < 4.78 is 1.72. The van der Waals surface area contributed by atoms with Gasteiger partial charge in [-0.05, 0) is 42.5 Å². The third-order valence-electron chi connectivity index (χ3n) is 3.45. The second-order valence-electron chi connectivity index (χ2n) is 5.21. The Morgan fingerprint density at radius 1 is 1.04 bits per heavy atom. The van der Waals surface area contributed by atoms with E-state index in [0.717, 1.165) is 5.69 Å². The molecule has 1 aromatic heterocycles. The minimum Gasteiger partial charge on any atom is -0.343 e. The van der Waals surface area contributed by atoms with E-state index in [9.17, 15) is 9.59 Å². The number of carbonyl (C=O) groups excluding carboxylic acids is 2. The van der Waals surface area contributed by atoms with Crippen LogP contribution in [0, 0.1) is 0 Å². The lowest BCUT2D eigenvalue weighted by atomic mass is 10.2. The molecule has 2 aromatic carbocycles. The number of rotatable bonds is 5. The zero-order valence-corrected chi connectivity index (χ0v) is 13.9. The van der Waals surface area contributed by atoms with Crippen LogP contribution >= 0.6 is 11.6 Å². The third kappa shape index (κ3) is 4.24. The Labute approximate surface area is 149 Å². The van der Waals surface area contributed by atoms with E-state index in [0.29, 0.717) is 16.3 Å². The van der Waals surface area contributed by atoms with Crippen molar-refractivity contribution in [2.75, 3.05) is 11.9 Å². The summed E-state index contributed by atoms with van der Waals surface area (Å²) in [5.74, 6) is -0.720. The van der Waals surface area contributed by atoms with Crippen LogP contribution in [0.4, 0.5) is 5.69 Å². The number of anilines is 1. The maximum Gasteiger partial charge on any atom is 0.253 e. The van der Waals surface area contributed by atoms with Gasteiger partial charge in [0.05, 0.1) is 22.8 Å². The Hall–Kier alpha value is -3.12.